The van der Waals surface area contributed by atoms with Crippen molar-refractivity contribution in [2.75, 3.05) is 0 Å². The molecule has 2 aromatic rings. The molecule has 0 saturated carbocycles. The fourth-order valence-electron chi connectivity index (χ4n) is 1.32. The highest BCUT2D eigenvalue weighted by Crippen LogP contribution is 2.25. The summed E-state index contributed by atoms with van der Waals surface area (Å²) in [5.74, 6) is 0. The van der Waals surface area contributed by atoms with Crippen LogP contribution in [0.15, 0.2) is 41.3 Å². The van der Waals surface area contributed by atoms with Crippen molar-refractivity contribution in [3.8, 4) is 0 Å². The van der Waals surface area contributed by atoms with E-state index in [0.29, 0.717) is 16.7 Å². The van der Waals surface area contributed by atoms with Gasteiger partial charge in [-0.2, -0.15) is 0 Å². The molecule has 0 unspecified atom stereocenters. The van der Waals surface area contributed by atoms with Crippen molar-refractivity contribution in [2.45, 2.75) is 4.90 Å². The maximum absolute atomic E-state index is 10.7. The van der Waals surface area contributed by atoms with E-state index in [1.807, 2.05) is 30.3 Å². The molecule has 0 amide bonds. The van der Waals surface area contributed by atoms with Crippen molar-refractivity contribution < 1.29 is 4.21 Å². The summed E-state index contributed by atoms with van der Waals surface area (Å²) in [6, 6.07) is 11.1. The molecule has 0 aliphatic heterocycles. The van der Waals surface area contributed by atoms with Gasteiger partial charge in [0.05, 0.1) is 5.39 Å². The van der Waals surface area contributed by atoms with Crippen LogP contribution in [0.5, 0.6) is 0 Å². The van der Waals surface area contributed by atoms with E-state index in [4.69, 9.17) is 11.6 Å². The number of hydrogen-bond donors (Lipinski definition) is 0. The van der Waals surface area contributed by atoms with E-state index in [1.54, 1.807) is 6.07 Å². The molecule has 0 heterocycles. The predicted octanol–water partition coefficient (Wildman–Crippen LogP) is 3.28. The Morgan fingerprint density at radius 3 is 2.46 bits per heavy atom. The van der Waals surface area contributed by atoms with Crippen molar-refractivity contribution in [3.63, 3.8) is 0 Å². The van der Waals surface area contributed by atoms with Crippen molar-refractivity contribution in [1.82, 2.24) is 0 Å². The highest BCUT2D eigenvalue weighted by atomic mass is 35.5. The van der Waals surface area contributed by atoms with Gasteiger partial charge in [-0.15, -0.1) is 0 Å². The lowest BCUT2D eigenvalue weighted by atomic mass is 10.1. The standard InChI is InChI=1S/C10H6ClOS/c11-9-5-1-4-8-7(9)3-2-6-10(8)13-12/h1-6H/q+1. The van der Waals surface area contributed by atoms with Crippen molar-refractivity contribution >= 4 is 34.0 Å². The Bertz CT molecular complexity index is 467. The van der Waals surface area contributed by atoms with Gasteiger partial charge in [-0.3, -0.25) is 0 Å². The van der Waals surface area contributed by atoms with Gasteiger partial charge < -0.3 is 0 Å². The lowest BCUT2D eigenvalue weighted by molar-refractivity contribution is 0.605. The van der Waals surface area contributed by atoms with E-state index in [0.717, 1.165) is 15.7 Å². The molecule has 1 nitrogen and oxygen atoms in total. The first-order valence-corrected chi connectivity index (χ1v) is 4.92. The van der Waals surface area contributed by atoms with Crippen molar-refractivity contribution in [3.05, 3.63) is 41.4 Å². The summed E-state index contributed by atoms with van der Waals surface area (Å²) >= 11 is 6.47. The maximum Gasteiger partial charge on any atom is 0.505 e. The molecule has 0 aromatic heterocycles. The summed E-state index contributed by atoms with van der Waals surface area (Å²) < 4.78 is 10.7. The van der Waals surface area contributed by atoms with Gasteiger partial charge in [-0.05, 0) is 12.1 Å². The van der Waals surface area contributed by atoms with Gasteiger partial charge in [-0.1, -0.05) is 29.8 Å². The molecule has 0 radical (unpaired) electrons. The van der Waals surface area contributed by atoms with Crippen LogP contribution in [0.25, 0.3) is 10.8 Å². The molecule has 13 heavy (non-hydrogen) atoms. The Morgan fingerprint density at radius 1 is 1.00 bits per heavy atom. The molecule has 0 aliphatic rings. The molecular formula is C10H6ClOS+. The van der Waals surface area contributed by atoms with Crippen molar-refractivity contribution in [1.29, 1.82) is 0 Å². The molecule has 0 N–H and O–H groups in total. The van der Waals surface area contributed by atoms with Gasteiger partial charge in [-0.25, -0.2) is 0 Å². The topological polar surface area (TPSA) is 17.1 Å². The number of hydrogen-bond acceptors (Lipinski definition) is 1. The molecule has 0 bridgehead atoms. The number of fused-ring (bicyclic) bond motifs is 1. The molecule has 0 atom stereocenters. The van der Waals surface area contributed by atoms with E-state index in [9.17, 15) is 4.21 Å². The lowest BCUT2D eigenvalue weighted by Gasteiger charge is -1.96. The maximum atomic E-state index is 10.7. The molecule has 2 rings (SSSR count). The van der Waals surface area contributed by atoms with Crippen LogP contribution in [0.1, 0.15) is 0 Å². The normalized spacial score (nSPS) is 10.2. The zero-order valence-electron chi connectivity index (χ0n) is 6.66. The fourth-order valence-corrected chi connectivity index (χ4v) is 1.95. The number of benzene rings is 2. The monoisotopic (exact) mass is 209 g/mol. The van der Waals surface area contributed by atoms with Crippen LogP contribution in [0.2, 0.25) is 5.02 Å². The Morgan fingerprint density at radius 2 is 1.69 bits per heavy atom. The van der Waals surface area contributed by atoms with Gasteiger partial charge in [0.1, 0.15) is 0 Å². The minimum absolute atomic E-state index is 0.498. The molecule has 2 aromatic carbocycles. The third-order valence-electron chi connectivity index (χ3n) is 1.92. The average Bonchev–Trinajstić information content (AvgIpc) is 2.18. The Kier molecular flexibility index (Phi) is 2.25. The third-order valence-corrected chi connectivity index (χ3v) is 2.78. The second-order valence-corrected chi connectivity index (χ2v) is 3.69. The number of rotatable bonds is 1. The zero-order valence-corrected chi connectivity index (χ0v) is 8.23. The summed E-state index contributed by atoms with van der Waals surface area (Å²) in [7, 11) is 0. The molecule has 0 saturated heterocycles. The predicted molar refractivity (Wildman–Crippen MR) is 55.3 cm³/mol. The molecule has 0 spiro atoms. The summed E-state index contributed by atoms with van der Waals surface area (Å²) in [6.45, 7) is 0. The van der Waals surface area contributed by atoms with Crippen LogP contribution >= 0.6 is 11.6 Å². The van der Waals surface area contributed by atoms with E-state index in [-0.39, 0.29) is 0 Å². The van der Waals surface area contributed by atoms with Gasteiger partial charge in [0.15, 0.2) is 0 Å². The highest BCUT2D eigenvalue weighted by molar-refractivity contribution is 7.65. The van der Waals surface area contributed by atoms with Gasteiger partial charge in [0.2, 0.25) is 0 Å². The Balaban J connectivity index is 2.92. The minimum Gasteiger partial charge on any atom is -0.0837 e. The Labute approximate surface area is 84.8 Å². The quantitative estimate of drug-likeness (QED) is 0.659. The number of halogens is 1. The van der Waals surface area contributed by atoms with E-state index < -0.39 is 0 Å². The molecular weight excluding hydrogens is 204 g/mol. The van der Waals surface area contributed by atoms with Crippen LogP contribution in [0, 0.1) is 0 Å². The summed E-state index contributed by atoms with van der Waals surface area (Å²) in [4.78, 5) is 0.722. The van der Waals surface area contributed by atoms with Gasteiger partial charge >= 0.3 is 11.7 Å². The van der Waals surface area contributed by atoms with Crippen LogP contribution < -0.4 is 0 Å². The van der Waals surface area contributed by atoms with Crippen molar-refractivity contribution in [2.24, 2.45) is 0 Å². The summed E-state index contributed by atoms with van der Waals surface area (Å²) in [5, 5.41) is 2.55. The van der Waals surface area contributed by atoms with Crippen LogP contribution in [-0.2, 0) is 15.9 Å². The minimum atomic E-state index is 0.498. The first kappa shape index (κ1) is 8.60. The lowest BCUT2D eigenvalue weighted by Crippen LogP contribution is -1.79. The molecule has 3 heteroatoms. The zero-order chi connectivity index (χ0) is 9.26. The first-order chi connectivity index (χ1) is 6.33. The van der Waals surface area contributed by atoms with E-state index >= 15 is 0 Å². The van der Waals surface area contributed by atoms with Gasteiger partial charge in [0, 0.05) is 20.7 Å². The third kappa shape index (κ3) is 1.43. The largest absolute Gasteiger partial charge is 0.505 e. The average molecular weight is 210 g/mol. The summed E-state index contributed by atoms with van der Waals surface area (Å²) in [6.07, 6.45) is 0. The van der Waals surface area contributed by atoms with E-state index in [1.165, 1.54) is 0 Å². The molecule has 0 fully saturated rings. The van der Waals surface area contributed by atoms with Crippen LogP contribution in [-0.4, -0.2) is 0 Å². The van der Waals surface area contributed by atoms with Gasteiger partial charge in [0.25, 0.3) is 4.90 Å². The Hall–Kier alpha value is -0.990. The van der Waals surface area contributed by atoms with Crippen LogP contribution in [0.3, 0.4) is 0 Å². The van der Waals surface area contributed by atoms with E-state index in [2.05, 4.69) is 0 Å². The first-order valence-electron chi connectivity index (χ1n) is 3.80. The second-order valence-electron chi connectivity index (χ2n) is 2.67. The molecule has 64 valence electrons. The molecule has 0 aliphatic carbocycles. The smallest absolute Gasteiger partial charge is 0.0837 e. The van der Waals surface area contributed by atoms with Crippen LogP contribution in [0.4, 0.5) is 0 Å². The highest BCUT2D eigenvalue weighted by Gasteiger charge is 2.12. The second kappa shape index (κ2) is 3.40. The fraction of sp³-hybridized carbons (Fsp3) is 0. The summed E-state index contributed by atoms with van der Waals surface area (Å²) in [5.41, 5.74) is 0. The SMILES string of the molecule is O=[S+]c1cccc2c(Cl)cccc12.